The van der Waals surface area contributed by atoms with Crippen molar-refractivity contribution >= 4 is 28.6 Å². The lowest BCUT2D eigenvalue weighted by Gasteiger charge is -2.10. The van der Waals surface area contributed by atoms with Crippen molar-refractivity contribution < 1.29 is 4.79 Å². The number of allylic oxidation sites excluding steroid dienone is 1. The Bertz CT molecular complexity index is 1090. The molecule has 0 fully saturated rings. The van der Waals surface area contributed by atoms with Crippen molar-refractivity contribution in [2.45, 2.75) is 6.92 Å². The molecule has 4 rings (SSSR count). The van der Waals surface area contributed by atoms with Crippen LogP contribution in [0.15, 0.2) is 85.2 Å². The van der Waals surface area contributed by atoms with Crippen molar-refractivity contribution in [3.05, 3.63) is 102 Å². The third kappa shape index (κ3) is 2.95. The lowest BCUT2D eigenvalue weighted by Crippen LogP contribution is -2.12. The van der Waals surface area contributed by atoms with E-state index in [1.165, 1.54) is 0 Å². The van der Waals surface area contributed by atoms with Gasteiger partial charge < -0.3 is 0 Å². The summed E-state index contributed by atoms with van der Waals surface area (Å²) in [5, 5.41) is 0. The second kappa shape index (κ2) is 6.81. The van der Waals surface area contributed by atoms with Crippen LogP contribution in [-0.4, -0.2) is 15.5 Å². The molecule has 0 bridgehead atoms. The van der Waals surface area contributed by atoms with Gasteiger partial charge in [0.15, 0.2) is 0 Å². The molecule has 3 heteroatoms. The topological polar surface area (TPSA) is 34.9 Å². The highest BCUT2D eigenvalue weighted by molar-refractivity contribution is 6.26. The van der Waals surface area contributed by atoms with Crippen LogP contribution in [0.5, 0.6) is 0 Å². The number of hydrogen-bond donors (Lipinski definition) is 0. The van der Waals surface area contributed by atoms with Gasteiger partial charge in [-0.15, -0.1) is 0 Å². The Morgan fingerprint density at radius 2 is 1.58 bits per heavy atom. The number of hydrogen-bond acceptors (Lipinski definition) is 2. The van der Waals surface area contributed by atoms with Gasteiger partial charge in [0.05, 0.1) is 11.0 Å². The Kier molecular flexibility index (Phi) is 4.20. The summed E-state index contributed by atoms with van der Waals surface area (Å²) in [6.45, 7) is 2.00. The number of benzene rings is 3. The molecule has 0 amide bonds. The van der Waals surface area contributed by atoms with Gasteiger partial charge in [0.25, 0.3) is 5.91 Å². The fourth-order valence-corrected chi connectivity index (χ4v) is 3.12. The number of carbonyl (C=O) groups is 1. The van der Waals surface area contributed by atoms with Crippen LogP contribution in [0.1, 0.15) is 21.5 Å². The summed E-state index contributed by atoms with van der Waals surface area (Å²) >= 11 is 0. The van der Waals surface area contributed by atoms with E-state index < -0.39 is 0 Å². The normalized spacial score (nSPS) is 11.7. The second-order valence-electron chi connectivity index (χ2n) is 6.20. The molecular formula is C23H18N2O. The molecule has 0 radical (unpaired) electrons. The number of aryl methyl sites for hydroxylation is 1. The first-order chi connectivity index (χ1) is 12.7. The van der Waals surface area contributed by atoms with Gasteiger partial charge in [-0.25, -0.2) is 4.98 Å². The molecule has 3 aromatic carbocycles. The Morgan fingerprint density at radius 1 is 0.885 bits per heavy atom. The van der Waals surface area contributed by atoms with Gasteiger partial charge in [0.1, 0.15) is 6.33 Å². The lowest BCUT2D eigenvalue weighted by atomic mass is 10.0. The molecule has 26 heavy (non-hydrogen) atoms. The van der Waals surface area contributed by atoms with Gasteiger partial charge in [0.2, 0.25) is 0 Å². The van der Waals surface area contributed by atoms with Crippen molar-refractivity contribution in [2.75, 3.05) is 0 Å². The smallest absolute Gasteiger partial charge is 0.264 e. The lowest BCUT2D eigenvalue weighted by molar-refractivity contribution is 0.0984. The van der Waals surface area contributed by atoms with Gasteiger partial charge in [0, 0.05) is 5.57 Å². The van der Waals surface area contributed by atoms with E-state index in [2.05, 4.69) is 4.98 Å². The van der Waals surface area contributed by atoms with E-state index >= 15 is 0 Å². The number of para-hydroxylation sites is 1. The first-order valence-electron chi connectivity index (χ1n) is 8.53. The Balaban J connectivity index is 1.89. The number of carbonyl (C=O) groups excluding carboxylic acids is 1. The van der Waals surface area contributed by atoms with Crippen molar-refractivity contribution in [3.63, 3.8) is 0 Å². The maximum atomic E-state index is 13.4. The van der Waals surface area contributed by atoms with Crippen LogP contribution >= 0.6 is 0 Å². The SMILES string of the molecule is Cc1cccc2ncn(C(=O)/C(=C/c3ccccc3)c3ccccc3)c12. The van der Waals surface area contributed by atoms with Crippen molar-refractivity contribution in [1.29, 1.82) is 0 Å². The van der Waals surface area contributed by atoms with Crippen LogP contribution in [0.4, 0.5) is 0 Å². The molecule has 0 aliphatic rings. The predicted molar refractivity (Wildman–Crippen MR) is 106 cm³/mol. The highest BCUT2D eigenvalue weighted by Crippen LogP contribution is 2.24. The predicted octanol–water partition coefficient (Wildman–Crippen LogP) is 5.23. The number of fused-ring (bicyclic) bond motifs is 1. The summed E-state index contributed by atoms with van der Waals surface area (Å²) in [4.78, 5) is 17.8. The van der Waals surface area contributed by atoms with Gasteiger partial charge in [-0.2, -0.15) is 0 Å². The second-order valence-corrected chi connectivity index (χ2v) is 6.20. The molecular weight excluding hydrogens is 320 g/mol. The molecule has 1 heterocycles. The van der Waals surface area contributed by atoms with Crippen molar-refractivity contribution in [1.82, 2.24) is 9.55 Å². The van der Waals surface area contributed by atoms with Crippen LogP contribution in [0.3, 0.4) is 0 Å². The molecule has 0 aliphatic heterocycles. The molecule has 0 N–H and O–H groups in total. The molecule has 0 unspecified atom stereocenters. The fourth-order valence-electron chi connectivity index (χ4n) is 3.12. The maximum absolute atomic E-state index is 13.4. The molecule has 1 aromatic heterocycles. The highest BCUT2D eigenvalue weighted by atomic mass is 16.2. The molecule has 126 valence electrons. The van der Waals surface area contributed by atoms with E-state index in [1.807, 2.05) is 91.9 Å². The van der Waals surface area contributed by atoms with E-state index in [-0.39, 0.29) is 5.91 Å². The van der Waals surface area contributed by atoms with Crippen molar-refractivity contribution in [3.8, 4) is 0 Å². The Labute approximate surface area is 152 Å². The summed E-state index contributed by atoms with van der Waals surface area (Å²) in [6, 6.07) is 25.5. The standard InChI is InChI=1S/C23H18N2O/c1-17-9-8-14-21-22(17)25(16-24-21)23(26)20(19-12-6-3-7-13-19)15-18-10-4-2-5-11-18/h2-16H,1H3/b20-15+. The highest BCUT2D eigenvalue weighted by Gasteiger charge is 2.17. The largest absolute Gasteiger partial charge is 0.268 e. The molecule has 0 saturated carbocycles. The van der Waals surface area contributed by atoms with E-state index in [0.717, 1.165) is 27.7 Å². The third-order valence-electron chi connectivity index (χ3n) is 4.41. The van der Waals surface area contributed by atoms with Crippen LogP contribution in [0, 0.1) is 6.92 Å². The summed E-state index contributed by atoms with van der Waals surface area (Å²) in [7, 11) is 0. The molecule has 4 aromatic rings. The first kappa shape index (κ1) is 16.0. The van der Waals surface area contributed by atoms with Crippen LogP contribution in [-0.2, 0) is 0 Å². The number of imidazole rings is 1. The monoisotopic (exact) mass is 338 g/mol. The van der Waals surface area contributed by atoms with E-state index in [9.17, 15) is 4.79 Å². The third-order valence-corrected chi connectivity index (χ3v) is 4.41. The molecule has 3 nitrogen and oxygen atoms in total. The zero-order valence-corrected chi connectivity index (χ0v) is 14.5. The van der Waals surface area contributed by atoms with Crippen LogP contribution < -0.4 is 0 Å². The minimum absolute atomic E-state index is 0.0862. The zero-order valence-electron chi connectivity index (χ0n) is 14.5. The van der Waals surface area contributed by atoms with Gasteiger partial charge in [-0.05, 0) is 35.8 Å². The number of nitrogens with zero attached hydrogens (tertiary/aromatic N) is 2. The Hall–Kier alpha value is -3.46. The summed E-state index contributed by atoms with van der Waals surface area (Å²) in [5.41, 5.74) is 5.22. The molecule has 0 aliphatic carbocycles. The summed E-state index contributed by atoms with van der Waals surface area (Å²) in [6.07, 6.45) is 3.55. The van der Waals surface area contributed by atoms with Gasteiger partial charge in [-0.1, -0.05) is 72.8 Å². The number of rotatable bonds is 3. The Morgan fingerprint density at radius 3 is 2.31 bits per heavy atom. The average Bonchev–Trinajstić information content (AvgIpc) is 3.13. The van der Waals surface area contributed by atoms with Gasteiger partial charge >= 0.3 is 0 Å². The van der Waals surface area contributed by atoms with Crippen molar-refractivity contribution in [2.24, 2.45) is 0 Å². The van der Waals surface area contributed by atoms with E-state index in [1.54, 1.807) is 10.9 Å². The maximum Gasteiger partial charge on any atom is 0.264 e. The number of aromatic nitrogens is 2. The summed E-state index contributed by atoms with van der Waals surface area (Å²) in [5.74, 6) is -0.0862. The van der Waals surface area contributed by atoms with Crippen LogP contribution in [0.2, 0.25) is 0 Å². The molecule has 0 saturated heterocycles. The van der Waals surface area contributed by atoms with Gasteiger partial charge in [-0.3, -0.25) is 9.36 Å². The zero-order chi connectivity index (χ0) is 17.9. The molecule has 0 atom stereocenters. The quantitative estimate of drug-likeness (QED) is 0.379. The average molecular weight is 338 g/mol. The minimum Gasteiger partial charge on any atom is -0.268 e. The molecule has 0 spiro atoms. The van der Waals surface area contributed by atoms with Crippen LogP contribution in [0.25, 0.3) is 22.7 Å². The first-order valence-corrected chi connectivity index (χ1v) is 8.53. The van der Waals surface area contributed by atoms with E-state index in [0.29, 0.717) is 5.57 Å². The summed E-state index contributed by atoms with van der Waals surface area (Å²) < 4.78 is 1.65. The fraction of sp³-hybridized carbons (Fsp3) is 0.0435. The minimum atomic E-state index is -0.0862. The van der Waals surface area contributed by atoms with E-state index in [4.69, 9.17) is 0 Å².